The fourth-order valence-electron chi connectivity index (χ4n) is 3.37. The second-order valence-corrected chi connectivity index (χ2v) is 6.76. The van der Waals surface area contributed by atoms with Crippen molar-refractivity contribution in [3.05, 3.63) is 24.7 Å². The number of fused-ring (bicyclic) bond motifs is 3. The molecule has 8 nitrogen and oxygen atoms in total. The van der Waals surface area contributed by atoms with Gasteiger partial charge in [-0.2, -0.15) is 18.3 Å². The molecule has 156 valence electrons. The lowest BCUT2D eigenvalue weighted by Gasteiger charge is -2.32. The Bertz CT molecular complexity index is 991. The van der Waals surface area contributed by atoms with E-state index in [0.717, 1.165) is 41.4 Å². The van der Waals surface area contributed by atoms with Crippen molar-refractivity contribution < 1.29 is 23.1 Å². The minimum atomic E-state index is -4.06. The number of aliphatic carboxylic acids is 1. The quantitative estimate of drug-likeness (QED) is 0.609. The first-order chi connectivity index (χ1) is 13.8. The first-order valence-electron chi connectivity index (χ1n) is 9.06. The topological polar surface area (TPSA) is 107 Å². The molecule has 0 saturated carbocycles. The summed E-state index contributed by atoms with van der Waals surface area (Å²) < 4.78 is 33.0. The molecular formula is C18H21F3N6O2. The van der Waals surface area contributed by atoms with Gasteiger partial charge in [0.2, 0.25) is 0 Å². The van der Waals surface area contributed by atoms with Crippen LogP contribution in [0.4, 0.5) is 19.0 Å². The smallest absolute Gasteiger partial charge is 0.401 e. The molecule has 0 radical (unpaired) electrons. The van der Waals surface area contributed by atoms with E-state index in [2.05, 4.69) is 25.1 Å². The Morgan fingerprint density at radius 2 is 2.17 bits per heavy atom. The summed E-state index contributed by atoms with van der Waals surface area (Å²) in [4.78, 5) is 21.9. The summed E-state index contributed by atoms with van der Waals surface area (Å²) in [5, 5.41) is 21.4. The number of nitrogens with one attached hydrogen (secondary N) is 2. The highest BCUT2D eigenvalue weighted by atomic mass is 19.4. The molecule has 3 aromatic heterocycles. The Hall–Kier alpha value is -2.95. The van der Waals surface area contributed by atoms with Gasteiger partial charge in [-0.3, -0.25) is 9.89 Å². The van der Waals surface area contributed by atoms with Crippen molar-refractivity contribution in [2.45, 2.75) is 19.0 Å². The Morgan fingerprint density at radius 3 is 2.83 bits per heavy atom. The summed E-state index contributed by atoms with van der Waals surface area (Å²) in [6.45, 7) is 0.399. The fourth-order valence-corrected chi connectivity index (χ4v) is 3.37. The number of pyridine rings is 1. The van der Waals surface area contributed by atoms with Crippen molar-refractivity contribution in [1.29, 1.82) is 0 Å². The van der Waals surface area contributed by atoms with E-state index in [9.17, 15) is 23.1 Å². The number of aromatic nitrogens is 4. The second-order valence-electron chi connectivity index (χ2n) is 6.76. The number of carbonyl (C=O) groups is 1. The SMILES string of the molecule is CNCC(F)(F)F.O=C(O)C1CCCN(c2[nH]ncc3cnc4nccc4c23)C1. The first-order valence-corrected chi connectivity index (χ1v) is 9.06. The van der Waals surface area contributed by atoms with Crippen LogP contribution in [-0.4, -0.2) is 64.1 Å². The number of aromatic amines is 1. The van der Waals surface area contributed by atoms with E-state index in [4.69, 9.17) is 0 Å². The third kappa shape index (κ3) is 4.91. The monoisotopic (exact) mass is 410 g/mol. The van der Waals surface area contributed by atoms with E-state index in [-0.39, 0.29) is 5.92 Å². The number of piperidine rings is 1. The van der Waals surface area contributed by atoms with Crippen molar-refractivity contribution in [2.24, 2.45) is 5.92 Å². The van der Waals surface area contributed by atoms with Crippen LogP contribution in [0.1, 0.15) is 12.8 Å². The standard InChI is InChI=1S/C15H15N5O2.C3H6F3N/c21-15(22)9-2-1-5-20(8-9)14-12-10(7-18-19-14)6-17-13-11(12)3-4-16-13;1-7-2-3(4,5)6/h3-4,6-7,9,19H,1-2,5,8H2,(H,21,22);7H,2H2,1H3. The average Bonchev–Trinajstić information content (AvgIpc) is 3.16. The molecule has 4 rings (SSSR count). The maximum Gasteiger partial charge on any atom is 0.401 e. The second kappa shape index (κ2) is 8.60. The van der Waals surface area contributed by atoms with Crippen molar-refractivity contribution in [2.75, 3.05) is 31.6 Å². The van der Waals surface area contributed by atoms with E-state index < -0.39 is 18.7 Å². The van der Waals surface area contributed by atoms with Gasteiger partial charge in [-0.05, 0) is 26.0 Å². The molecule has 1 atom stereocenters. The Labute approximate surface area is 164 Å². The van der Waals surface area contributed by atoms with E-state index in [1.807, 2.05) is 11.4 Å². The van der Waals surface area contributed by atoms with E-state index in [0.29, 0.717) is 12.2 Å². The minimum Gasteiger partial charge on any atom is -0.481 e. The predicted molar refractivity (Wildman–Crippen MR) is 102 cm³/mol. The van der Waals surface area contributed by atoms with Crippen LogP contribution in [0.5, 0.6) is 0 Å². The molecule has 3 aromatic rings. The third-order valence-electron chi connectivity index (χ3n) is 4.64. The lowest BCUT2D eigenvalue weighted by molar-refractivity contribution is -0.142. The summed E-state index contributed by atoms with van der Waals surface area (Å²) in [6, 6.07) is 1.93. The number of alkyl halides is 3. The summed E-state index contributed by atoms with van der Waals surface area (Å²) in [5.41, 5.74) is 0.695. The average molecular weight is 410 g/mol. The Morgan fingerprint density at radius 1 is 1.38 bits per heavy atom. The molecule has 1 unspecified atom stereocenters. The van der Waals surface area contributed by atoms with Gasteiger partial charge in [-0.25, -0.2) is 9.97 Å². The zero-order valence-corrected chi connectivity index (χ0v) is 15.7. The number of H-pyrrole nitrogens is 1. The molecule has 1 saturated heterocycles. The highest BCUT2D eigenvalue weighted by Gasteiger charge is 2.27. The molecule has 29 heavy (non-hydrogen) atoms. The van der Waals surface area contributed by atoms with Gasteiger partial charge in [0.25, 0.3) is 0 Å². The molecule has 0 spiro atoms. The Kier molecular flexibility index (Phi) is 6.16. The summed E-state index contributed by atoms with van der Waals surface area (Å²) in [6.07, 6.45) is 2.74. The molecule has 1 aliphatic rings. The predicted octanol–water partition coefficient (Wildman–Crippen LogP) is 2.58. The van der Waals surface area contributed by atoms with Crippen LogP contribution in [0, 0.1) is 5.92 Å². The molecule has 0 bridgehead atoms. The highest BCUT2D eigenvalue weighted by molar-refractivity contribution is 6.10. The first kappa shape index (κ1) is 20.8. The number of halogens is 3. The number of anilines is 1. The summed E-state index contributed by atoms with van der Waals surface area (Å²) in [5.74, 6) is -0.226. The maximum absolute atomic E-state index is 11.3. The number of rotatable bonds is 3. The van der Waals surface area contributed by atoms with E-state index in [1.165, 1.54) is 7.05 Å². The molecule has 4 heterocycles. The molecule has 0 aromatic carbocycles. The van der Waals surface area contributed by atoms with Crippen LogP contribution in [0.25, 0.3) is 21.8 Å². The number of nitrogens with zero attached hydrogens (tertiary/aromatic N) is 4. The highest BCUT2D eigenvalue weighted by Crippen LogP contribution is 2.32. The molecule has 3 N–H and O–H groups in total. The molecule has 1 fully saturated rings. The van der Waals surface area contributed by atoms with Crippen LogP contribution in [0.3, 0.4) is 0 Å². The van der Waals surface area contributed by atoms with E-state index >= 15 is 0 Å². The fraction of sp³-hybridized carbons (Fsp3) is 0.444. The van der Waals surface area contributed by atoms with Gasteiger partial charge < -0.3 is 15.3 Å². The zero-order valence-electron chi connectivity index (χ0n) is 15.7. The van der Waals surface area contributed by atoms with Crippen molar-refractivity contribution in [3.8, 4) is 0 Å². The Balaban J connectivity index is 0.000000298. The van der Waals surface area contributed by atoms with Crippen molar-refractivity contribution >= 4 is 33.6 Å². The number of carboxylic acids is 1. The minimum absolute atomic E-state index is 0.340. The molecule has 11 heteroatoms. The largest absolute Gasteiger partial charge is 0.481 e. The number of hydrogen-bond acceptors (Lipinski definition) is 6. The molecule has 0 amide bonds. The van der Waals surface area contributed by atoms with Crippen molar-refractivity contribution in [1.82, 2.24) is 25.5 Å². The van der Waals surface area contributed by atoms with Crippen LogP contribution in [-0.2, 0) is 4.79 Å². The lowest BCUT2D eigenvalue weighted by atomic mass is 9.98. The lowest BCUT2D eigenvalue weighted by Crippen LogP contribution is -2.39. The van der Waals surface area contributed by atoms with Crippen LogP contribution < -0.4 is 10.2 Å². The van der Waals surface area contributed by atoms with Gasteiger partial charge in [0.15, 0.2) is 5.65 Å². The number of hydrogen-bond donors (Lipinski definition) is 3. The van der Waals surface area contributed by atoms with Crippen LogP contribution in [0.15, 0.2) is 24.7 Å². The third-order valence-corrected chi connectivity index (χ3v) is 4.64. The molecular weight excluding hydrogens is 389 g/mol. The normalized spacial score (nSPS) is 17.2. The maximum atomic E-state index is 11.3. The van der Waals surface area contributed by atoms with E-state index in [1.54, 1.807) is 18.6 Å². The van der Waals surface area contributed by atoms with Gasteiger partial charge in [-0.1, -0.05) is 0 Å². The van der Waals surface area contributed by atoms with Gasteiger partial charge >= 0.3 is 12.1 Å². The van der Waals surface area contributed by atoms with Gasteiger partial charge in [0.05, 0.1) is 18.7 Å². The van der Waals surface area contributed by atoms with Crippen molar-refractivity contribution in [3.63, 3.8) is 0 Å². The van der Waals surface area contributed by atoms with Crippen LogP contribution >= 0.6 is 0 Å². The molecule has 0 aliphatic carbocycles. The van der Waals surface area contributed by atoms with Gasteiger partial charge in [0.1, 0.15) is 5.82 Å². The summed E-state index contributed by atoms with van der Waals surface area (Å²) in [7, 11) is 1.26. The zero-order chi connectivity index (χ0) is 21.0. The van der Waals surface area contributed by atoms with Crippen LogP contribution in [0.2, 0.25) is 0 Å². The molecule has 1 aliphatic heterocycles. The van der Waals surface area contributed by atoms with Gasteiger partial charge in [-0.15, -0.1) is 0 Å². The van der Waals surface area contributed by atoms with Gasteiger partial charge in [0, 0.05) is 41.6 Å². The summed E-state index contributed by atoms with van der Waals surface area (Å²) >= 11 is 0. The number of carboxylic acid groups (broad SMARTS) is 1.